The van der Waals surface area contributed by atoms with Crippen LogP contribution in [0.3, 0.4) is 0 Å². The lowest BCUT2D eigenvalue weighted by Crippen LogP contribution is -2.46. The first kappa shape index (κ1) is 15.1. The first-order valence-corrected chi connectivity index (χ1v) is 7.22. The third kappa shape index (κ3) is 4.37. The quantitative estimate of drug-likeness (QED) is 0.811. The van der Waals surface area contributed by atoms with E-state index in [0.29, 0.717) is 19.8 Å². The van der Waals surface area contributed by atoms with Gasteiger partial charge in [-0.3, -0.25) is 4.90 Å². The van der Waals surface area contributed by atoms with Gasteiger partial charge in [-0.1, -0.05) is 12.1 Å². The van der Waals surface area contributed by atoms with Crippen molar-refractivity contribution in [2.24, 2.45) is 5.73 Å². The van der Waals surface area contributed by atoms with E-state index in [2.05, 4.69) is 4.90 Å². The highest BCUT2D eigenvalue weighted by Gasteiger charge is 2.18. The van der Waals surface area contributed by atoms with Crippen molar-refractivity contribution in [2.75, 3.05) is 46.0 Å². The second-order valence-electron chi connectivity index (χ2n) is 4.76. The molecule has 1 unspecified atom stereocenters. The molecule has 1 saturated heterocycles. The normalized spacial score (nSPS) is 19.8. The Morgan fingerprint density at radius 1 is 1.30 bits per heavy atom. The van der Waals surface area contributed by atoms with E-state index in [4.69, 9.17) is 19.9 Å². The van der Waals surface area contributed by atoms with Crippen LogP contribution in [0.25, 0.3) is 0 Å². The van der Waals surface area contributed by atoms with E-state index in [9.17, 15) is 0 Å². The molecule has 1 heterocycles. The zero-order valence-electron chi connectivity index (χ0n) is 12.1. The van der Waals surface area contributed by atoms with Gasteiger partial charge in [0.25, 0.3) is 0 Å². The van der Waals surface area contributed by atoms with Crippen LogP contribution >= 0.6 is 0 Å². The molecule has 1 aliphatic heterocycles. The third-order valence-corrected chi connectivity index (χ3v) is 3.30. The standard InChI is InChI=1S/C15H24N2O3/c1-2-18-14-5-3-4-6-15(14)20-10-8-17-7-9-19-13(11-16)12-17/h3-6,13H,2,7-12,16H2,1H3. The minimum Gasteiger partial charge on any atom is -0.490 e. The van der Waals surface area contributed by atoms with E-state index < -0.39 is 0 Å². The Kier molecular flexibility index (Phi) is 6.11. The third-order valence-electron chi connectivity index (χ3n) is 3.30. The smallest absolute Gasteiger partial charge is 0.161 e. The second kappa shape index (κ2) is 8.09. The number of benzene rings is 1. The highest BCUT2D eigenvalue weighted by molar-refractivity contribution is 5.39. The molecule has 0 amide bonds. The van der Waals surface area contributed by atoms with Crippen LogP contribution < -0.4 is 15.2 Å². The van der Waals surface area contributed by atoms with E-state index >= 15 is 0 Å². The number of nitrogens with two attached hydrogens (primary N) is 1. The van der Waals surface area contributed by atoms with Gasteiger partial charge < -0.3 is 19.9 Å². The van der Waals surface area contributed by atoms with E-state index in [-0.39, 0.29) is 6.10 Å². The zero-order valence-corrected chi connectivity index (χ0v) is 12.1. The summed E-state index contributed by atoms with van der Waals surface area (Å²) in [4.78, 5) is 2.32. The summed E-state index contributed by atoms with van der Waals surface area (Å²) in [5.41, 5.74) is 5.64. The molecule has 0 bridgehead atoms. The topological polar surface area (TPSA) is 57.0 Å². The second-order valence-corrected chi connectivity index (χ2v) is 4.76. The van der Waals surface area contributed by atoms with E-state index in [1.165, 1.54) is 0 Å². The molecule has 1 atom stereocenters. The number of hydrogen-bond donors (Lipinski definition) is 1. The monoisotopic (exact) mass is 280 g/mol. The van der Waals surface area contributed by atoms with Gasteiger partial charge in [0.2, 0.25) is 0 Å². The number of hydrogen-bond acceptors (Lipinski definition) is 5. The largest absolute Gasteiger partial charge is 0.490 e. The molecule has 20 heavy (non-hydrogen) atoms. The molecule has 0 saturated carbocycles. The van der Waals surface area contributed by atoms with Crippen molar-refractivity contribution in [3.8, 4) is 11.5 Å². The van der Waals surface area contributed by atoms with Crippen LogP contribution in [0.15, 0.2) is 24.3 Å². The summed E-state index contributed by atoms with van der Waals surface area (Å²) >= 11 is 0. The van der Waals surface area contributed by atoms with Gasteiger partial charge in [0.15, 0.2) is 11.5 Å². The lowest BCUT2D eigenvalue weighted by molar-refractivity contribution is -0.0262. The Morgan fingerprint density at radius 2 is 2.05 bits per heavy atom. The van der Waals surface area contributed by atoms with Crippen LogP contribution in [0.2, 0.25) is 0 Å². The first-order chi connectivity index (χ1) is 9.83. The Morgan fingerprint density at radius 3 is 2.75 bits per heavy atom. The van der Waals surface area contributed by atoms with Gasteiger partial charge in [-0.15, -0.1) is 0 Å². The van der Waals surface area contributed by atoms with Crippen molar-refractivity contribution in [1.82, 2.24) is 4.90 Å². The van der Waals surface area contributed by atoms with Crippen LogP contribution in [-0.2, 0) is 4.74 Å². The molecule has 0 spiro atoms. The fraction of sp³-hybridized carbons (Fsp3) is 0.600. The van der Waals surface area contributed by atoms with E-state index in [1.807, 2.05) is 31.2 Å². The Hall–Kier alpha value is -1.30. The summed E-state index contributed by atoms with van der Waals surface area (Å²) in [7, 11) is 0. The van der Waals surface area contributed by atoms with Gasteiger partial charge in [0.1, 0.15) is 6.61 Å². The fourth-order valence-electron chi connectivity index (χ4n) is 2.25. The number of morpholine rings is 1. The minimum atomic E-state index is 0.152. The Bertz CT molecular complexity index is 400. The minimum absolute atomic E-state index is 0.152. The lowest BCUT2D eigenvalue weighted by atomic mass is 10.3. The van der Waals surface area contributed by atoms with Gasteiger partial charge in [-0.05, 0) is 19.1 Å². The summed E-state index contributed by atoms with van der Waals surface area (Å²) in [6.07, 6.45) is 0.152. The van der Waals surface area contributed by atoms with Crippen molar-refractivity contribution in [3.05, 3.63) is 24.3 Å². The van der Waals surface area contributed by atoms with Crippen molar-refractivity contribution >= 4 is 0 Å². The molecule has 1 aliphatic rings. The molecule has 2 N–H and O–H groups in total. The number of rotatable bonds is 7. The van der Waals surface area contributed by atoms with Gasteiger partial charge in [0, 0.05) is 26.2 Å². The number of para-hydroxylation sites is 2. The van der Waals surface area contributed by atoms with Crippen LogP contribution in [0.5, 0.6) is 11.5 Å². The average molecular weight is 280 g/mol. The molecule has 0 aliphatic carbocycles. The highest BCUT2D eigenvalue weighted by atomic mass is 16.5. The molecule has 0 radical (unpaired) electrons. The summed E-state index contributed by atoms with van der Waals surface area (Å²) in [6.45, 7) is 7.27. The molecule has 2 rings (SSSR count). The van der Waals surface area contributed by atoms with Crippen LogP contribution in [-0.4, -0.2) is 57.0 Å². The SMILES string of the molecule is CCOc1ccccc1OCCN1CCOC(CN)C1. The zero-order chi connectivity index (χ0) is 14.2. The summed E-state index contributed by atoms with van der Waals surface area (Å²) in [5.74, 6) is 1.61. The molecular weight excluding hydrogens is 256 g/mol. The van der Waals surface area contributed by atoms with Crippen LogP contribution in [0, 0.1) is 0 Å². The molecule has 1 aromatic rings. The van der Waals surface area contributed by atoms with Gasteiger partial charge in [-0.25, -0.2) is 0 Å². The van der Waals surface area contributed by atoms with E-state index in [1.54, 1.807) is 0 Å². The van der Waals surface area contributed by atoms with Crippen LogP contribution in [0.4, 0.5) is 0 Å². The number of ether oxygens (including phenoxy) is 3. The molecular formula is C15H24N2O3. The van der Waals surface area contributed by atoms with Gasteiger partial charge in [0.05, 0.1) is 19.3 Å². The molecule has 0 aromatic heterocycles. The van der Waals surface area contributed by atoms with Crippen molar-refractivity contribution < 1.29 is 14.2 Å². The maximum Gasteiger partial charge on any atom is 0.161 e. The Labute approximate surface area is 120 Å². The molecule has 5 nitrogen and oxygen atoms in total. The fourth-order valence-corrected chi connectivity index (χ4v) is 2.25. The van der Waals surface area contributed by atoms with Crippen molar-refractivity contribution in [1.29, 1.82) is 0 Å². The molecule has 1 aromatic carbocycles. The summed E-state index contributed by atoms with van der Waals surface area (Å²) in [6, 6.07) is 7.77. The summed E-state index contributed by atoms with van der Waals surface area (Å²) < 4.78 is 16.9. The van der Waals surface area contributed by atoms with Crippen LogP contribution in [0.1, 0.15) is 6.92 Å². The highest BCUT2D eigenvalue weighted by Crippen LogP contribution is 2.26. The molecule has 112 valence electrons. The maximum absolute atomic E-state index is 5.82. The predicted molar refractivity (Wildman–Crippen MR) is 78.3 cm³/mol. The van der Waals surface area contributed by atoms with Crippen molar-refractivity contribution in [3.63, 3.8) is 0 Å². The lowest BCUT2D eigenvalue weighted by Gasteiger charge is -2.32. The predicted octanol–water partition coefficient (Wildman–Crippen LogP) is 1.12. The Balaban J connectivity index is 1.78. The number of nitrogens with zero attached hydrogens (tertiary/aromatic N) is 1. The molecule has 1 fully saturated rings. The maximum atomic E-state index is 5.82. The first-order valence-electron chi connectivity index (χ1n) is 7.22. The van der Waals surface area contributed by atoms with Gasteiger partial charge >= 0.3 is 0 Å². The average Bonchev–Trinajstić information content (AvgIpc) is 2.49. The van der Waals surface area contributed by atoms with E-state index in [0.717, 1.165) is 37.7 Å². The summed E-state index contributed by atoms with van der Waals surface area (Å²) in [5, 5.41) is 0. The molecule has 5 heteroatoms. The van der Waals surface area contributed by atoms with Gasteiger partial charge in [-0.2, -0.15) is 0 Å². The van der Waals surface area contributed by atoms with Crippen molar-refractivity contribution in [2.45, 2.75) is 13.0 Å².